The Morgan fingerprint density at radius 3 is 2.53 bits per heavy atom. The molecule has 0 saturated carbocycles. The van der Waals surface area contributed by atoms with Gasteiger partial charge in [-0.3, -0.25) is 15.0 Å². The van der Waals surface area contributed by atoms with Crippen LogP contribution in [0.5, 0.6) is 17.2 Å². The number of nitrogens with zero attached hydrogens (tertiary/aromatic N) is 3. The summed E-state index contributed by atoms with van der Waals surface area (Å²) in [6.07, 6.45) is 2.21. The van der Waals surface area contributed by atoms with E-state index in [4.69, 9.17) is 14.2 Å². The predicted molar refractivity (Wildman–Crippen MR) is 159 cm³/mol. The molecule has 0 aliphatic carbocycles. The van der Waals surface area contributed by atoms with Crippen LogP contribution in [0.4, 0.5) is 14.5 Å². The van der Waals surface area contributed by atoms with Crippen molar-refractivity contribution in [2.45, 2.75) is 71.7 Å². The van der Waals surface area contributed by atoms with Gasteiger partial charge in [0.15, 0.2) is 23.5 Å². The number of methoxy groups -OCH3 is 1. The van der Waals surface area contributed by atoms with Crippen LogP contribution in [-0.4, -0.2) is 47.7 Å². The molecular weight excluding hydrogens is 560 g/mol. The number of benzene rings is 2. The van der Waals surface area contributed by atoms with Crippen LogP contribution in [0, 0.1) is 11.6 Å². The van der Waals surface area contributed by atoms with Crippen molar-refractivity contribution in [2.24, 2.45) is 0 Å². The lowest BCUT2D eigenvalue weighted by Crippen LogP contribution is -2.46. The highest BCUT2D eigenvalue weighted by molar-refractivity contribution is 5.82. The van der Waals surface area contributed by atoms with E-state index < -0.39 is 17.7 Å². The van der Waals surface area contributed by atoms with Gasteiger partial charge in [0.2, 0.25) is 11.7 Å². The van der Waals surface area contributed by atoms with Gasteiger partial charge in [-0.2, -0.15) is 9.49 Å². The van der Waals surface area contributed by atoms with Crippen molar-refractivity contribution in [1.29, 1.82) is 0 Å². The van der Waals surface area contributed by atoms with E-state index in [1.165, 1.54) is 27.9 Å². The molecule has 2 N–H and O–H groups in total. The molecule has 5 rings (SSSR count). The zero-order chi connectivity index (χ0) is 31.1. The van der Waals surface area contributed by atoms with Crippen LogP contribution in [-0.2, 0) is 11.3 Å². The number of rotatable bonds is 10. The molecule has 1 saturated heterocycles. The van der Waals surface area contributed by atoms with Gasteiger partial charge in [-0.1, -0.05) is 26.8 Å². The Balaban J connectivity index is 0.00000207. The Labute approximate surface area is 249 Å². The minimum Gasteiger partial charge on any atom is -0.494 e. The molecule has 10 nitrogen and oxygen atoms in total. The van der Waals surface area contributed by atoms with Crippen molar-refractivity contribution in [1.82, 2.24) is 20.2 Å². The number of anilines is 1. The smallest absolute Gasteiger partial charge is 0.266 e. The van der Waals surface area contributed by atoms with Crippen LogP contribution in [0.3, 0.4) is 0 Å². The molecule has 3 heterocycles. The molecule has 0 bridgehead atoms. The average Bonchev–Trinajstić information content (AvgIpc) is 3.46. The second-order valence-electron chi connectivity index (χ2n) is 10.00. The minimum absolute atomic E-state index is 0.132. The van der Waals surface area contributed by atoms with Gasteiger partial charge in [-0.15, -0.1) is 0 Å². The number of ether oxygens (including phenoxy) is 3. The maximum Gasteiger partial charge on any atom is 0.266 e. The first-order valence-corrected chi connectivity index (χ1v) is 14.7. The Hall–Kier alpha value is -4.19. The van der Waals surface area contributed by atoms with E-state index in [0.29, 0.717) is 43.0 Å². The van der Waals surface area contributed by atoms with Gasteiger partial charge in [0.05, 0.1) is 25.5 Å². The number of carbonyl (C=O) groups is 1. The van der Waals surface area contributed by atoms with Gasteiger partial charge in [-0.05, 0) is 43.5 Å². The molecule has 43 heavy (non-hydrogen) atoms. The van der Waals surface area contributed by atoms with Gasteiger partial charge in [0.25, 0.3) is 5.56 Å². The summed E-state index contributed by atoms with van der Waals surface area (Å²) >= 11 is 0. The average molecular weight is 600 g/mol. The number of hydrazine groups is 1. The summed E-state index contributed by atoms with van der Waals surface area (Å²) in [6.45, 7) is 6.46. The standard InChI is InChI=1S/C29H33F2N5O5.C2H6/c1-4-24-32-28-22(39-3)12-7-17(29(28)41-24)19-9-14-25(38)36(33-19)15-5-6-16-40-21-11-8-18(26(30)27(21)31)20-10-13-23(37)34-35(20)2;1-2/h7-9,11-12,14,20,24,32H,4-6,10,13,15-16H2,1-3H3,(H,34,37);1-2H3. The first-order chi connectivity index (χ1) is 20.8. The number of aromatic nitrogens is 2. The summed E-state index contributed by atoms with van der Waals surface area (Å²) in [7, 11) is 3.21. The van der Waals surface area contributed by atoms with Gasteiger partial charge in [-0.25, -0.2) is 14.1 Å². The summed E-state index contributed by atoms with van der Waals surface area (Å²) in [5.74, 6) is -1.10. The highest BCUT2D eigenvalue weighted by atomic mass is 19.2. The molecule has 2 atom stereocenters. The summed E-state index contributed by atoms with van der Waals surface area (Å²) < 4.78 is 48.0. The van der Waals surface area contributed by atoms with Crippen molar-refractivity contribution in [2.75, 3.05) is 26.1 Å². The van der Waals surface area contributed by atoms with E-state index in [1.54, 1.807) is 20.2 Å². The third-order valence-electron chi connectivity index (χ3n) is 7.29. The molecule has 12 heteroatoms. The lowest BCUT2D eigenvalue weighted by Gasteiger charge is -2.33. The van der Waals surface area contributed by atoms with Crippen molar-refractivity contribution in [3.05, 3.63) is 63.9 Å². The Morgan fingerprint density at radius 1 is 1.05 bits per heavy atom. The number of hydrogen-bond donors (Lipinski definition) is 2. The Bertz CT molecular complexity index is 1500. The van der Waals surface area contributed by atoms with Crippen molar-refractivity contribution >= 4 is 11.6 Å². The zero-order valence-electron chi connectivity index (χ0n) is 25.2. The fourth-order valence-corrected chi connectivity index (χ4v) is 5.08. The Kier molecular flexibility index (Phi) is 10.6. The molecule has 0 spiro atoms. The van der Waals surface area contributed by atoms with Crippen LogP contribution in [0.1, 0.15) is 64.5 Å². The largest absolute Gasteiger partial charge is 0.494 e. The van der Waals surface area contributed by atoms with Crippen molar-refractivity contribution < 1.29 is 27.8 Å². The fourth-order valence-electron chi connectivity index (χ4n) is 5.08. The minimum atomic E-state index is -1.06. The third kappa shape index (κ3) is 6.90. The van der Waals surface area contributed by atoms with E-state index in [2.05, 4.69) is 15.8 Å². The zero-order valence-corrected chi connectivity index (χ0v) is 25.2. The van der Waals surface area contributed by atoms with E-state index in [9.17, 15) is 18.4 Å². The topological polar surface area (TPSA) is 107 Å². The quantitative estimate of drug-likeness (QED) is 0.298. The molecule has 2 unspecified atom stereocenters. The van der Waals surface area contributed by atoms with Crippen LogP contribution >= 0.6 is 0 Å². The number of hydrogen-bond acceptors (Lipinski definition) is 8. The number of aryl methyl sites for hydroxylation is 1. The predicted octanol–water partition coefficient (Wildman–Crippen LogP) is 5.42. The number of unbranched alkanes of at least 4 members (excludes halogenated alkanes) is 1. The van der Waals surface area contributed by atoms with E-state index in [0.717, 1.165) is 17.7 Å². The molecule has 2 aliphatic rings. The highest BCUT2D eigenvalue weighted by Crippen LogP contribution is 2.46. The molecule has 1 aromatic heterocycles. The second-order valence-corrected chi connectivity index (χ2v) is 10.00. The summed E-state index contributed by atoms with van der Waals surface area (Å²) in [6, 6.07) is 9.23. The van der Waals surface area contributed by atoms with Crippen LogP contribution in [0.2, 0.25) is 0 Å². The van der Waals surface area contributed by atoms with Crippen LogP contribution in [0.25, 0.3) is 11.3 Å². The number of carbonyl (C=O) groups excluding carboxylic acids is 1. The van der Waals surface area contributed by atoms with E-state index in [-0.39, 0.29) is 42.0 Å². The number of halogens is 2. The first kappa shape index (κ1) is 31.7. The Morgan fingerprint density at radius 2 is 1.81 bits per heavy atom. The van der Waals surface area contributed by atoms with E-state index >= 15 is 0 Å². The van der Waals surface area contributed by atoms with Gasteiger partial charge < -0.3 is 19.5 Å². The fraction of sp³-hybridized carbons (Fsp3) is 0.452. The molecule has 1 amide bonds. The van der Waals surface area contributed by atoms with Gasteiger partial charge in [0, 0.05) is 43.6 Å². The number of amides is 1. The summed E-state index contributed by atoms with van der Waals surface area (Å²) in [4.78, 5) is 24.0. The number of fused-ring (bicyclic) bond motifs is 1. The van der Waals surface area contributed by atoms with Gasteiger partial charge in [0.1, 0.15) is 11.4 Å². The lowest BCUT2D eigenvalue weighted by atomic mass is 9.99. The molecule has 1 fully saturated rings. The van der Waals surface area contributed by atoms with E-state index in [1.807, 2.05) is 32.9 Å². The molecule has 232 valence electrons. The molecule has 2 aliphatic heterocycles. The third-order valence-corrected chi connectivity index (χ3v) is 7.29. The molecule has 3 aromatic rings. The molecular formula is C31H39F2N5O5. The monoisotopic (exact) mass is 599 g/mol. The van der Waals surface area contributed by atoms with Crippen LogP contribution < -0.4 is 30.5 Å². The molecule has 0 radical (unpaired) electrons. The van der Waals surface area contributed by atoms with Crippen molar-refractivity contribution in [3.8, 4) is 28.5 Å². The lowest BCUT2D eigenvalue weighted by molar-refractivity contribution is -0.130. The van der Waals surface area contributed by atoms with Crippen molar-refractivity contribution in [3.63, 3.8) is 0 Å². The van der Waals surface area contributed by atoms with Crippen LogP contribution in [0.15, 0.2) is 41.2 Å². The SMILES string of the molecule is CC.CCC1Nc2c(OC)ccc(-c3ccc(=O)n(CCCCOc4ccc(C5CCC(=O)NN5C)c(F)c4F)n3)c2O1. The normalized spacial score (nSPS) is 17.6. The molecule has 2 aromatic carbocycles. The number of nitrogens with one attached hydrogen (secondary N) is 2. The highest BCUT2D eigenvalue weighted by Gasteiger charge is 2.30. The summed E-state index contributed by atoms with van der Waals surface area (Å²) in [5.41, 5.74) is 4.60. The second kappa shape index (κ2) is 14.3. The maximum absolute atomic E-state index is 14.8. The first-order valence-electron chi connectivity index (χ1n) is 14.7. The van der Waals surface area contributed by atoms with Gasteiger partial charge >= 0.3 is 0 Å². The maximum atomic E-state index is 14.8. The summed E-state index contributed by atoms with van der Waals surface area (Å²) in [5, 5.41) is 9.34.